The van der Waals surface area contributed by atoms with Crippen molar-refractivity contribution < 1.29 is 9.72 Å². The third-order valence-electron chi connectivity index (χ3n) is 3.70. The molecule has 0 aromatic heterocycles. The van der Waals surface area contributed by atoms with Crippen LogP contribution in [0.25, 0.3) is 0 Å². The highest BCUT2D eigenvalue weighted by Gasteiger charge is 2.23. The van der Waals surface area contributed by atoms with Crippen molar-refractivity contribution in [2.24, 2.45) is 0 Å². The van der Waals surface area contributed by atoms with Crippen LogP contribution in [0.15, 0.2) is 18.2 Å². The van der Waals surface area contributed by atoms with E-state index in [1.165, 1.54) is 6.07 Å². The fraction of sp³-hybridized carbons (Fsp3) is 0.533. The Kier molecular flexibility index (Phi) is 5.14. The molecule has 0 unspecified atom stereocenters. The van der Waals surface area contributed by atoms with Gasteiger partial charge in [0.25, 0.3) is 11.6 Å². The number of hydrogen-bond donors (Lipinski definition) is 1. The maximum absolute atomic E-state index is 12.0. The van der Waals surface area contributed by atoms with Gasteiger partial charge in [-0.3, -0.25) is 14.9 Å². The maximum atomic E-state index is 12.0. The normalized spacial score (nSPS) is 14.2. The van der Waals surface area contributed by atoms with Gasteiger partial charge in [0.2, 0.25) is 0 Å². The lowest BCUT2D eigenvalue weighted by Crippen LogP contribution is -2.25. The minimum Gasteiger partial charge on any atom is -0.366 e. The smallest absolute Gasteiger partial charge is 0.293 e. The minimum atomic E-state index is -0.406. The molecule has 1 heterocycles. The highest BCUT2D eigenvalue weighted by Crippen LogP contribution is 2.31. The predicted molar refractivity (Wildman–Crippen MR) is 81.8 cm³/mol. The van der Waals surface area contributed by atoms with E-state index in [-0.39, 0.29) is 11.6 Å². The predicted octanol–water partition coefficient (Wildman–Crippen LogP) is 2.72. The summed E-state index contributed by atoms with van der Waals surface area (Å²) in [7, 11) is 0. The van der Waals surface area contributed by atoms with Gasteiger partial charge in [-0.25, -0.2) is 0 Å². The van der Waals surface area contributed by atoms with Crippen LogP contribution >= 0.6 is 0 Å². The summed E-state index contributed by atoms with van der Waals surface area (Å²) in [5.74, 6) is -0.250. The number of nitro benzene ring substituents is 1. The average molecular weight is 291 g/mol. The summed E-state index contributed by atoms with van der Waals surface area (Å²) in [4.78, 5) is 24.8. The van der Waals surface area contributed by atoms with Crippen molar-refractivity contribution in [2.75, 3.05) is 24.5 Å². The number of carbonyl (C=O) groups is 1. The zero-order valence-electron chi connectivity index (χ0n) is 12.3. The van der Waals surface area contributed by atoms with Crippen LogP contribution in [0.1, 0.15) is 43.0 Å². The van der Waals surface area contributed by atoms with Crippen LogP contribution in [0.5, 0.6) is 0 Å². The lowest BCUT2D eigenvalue weighted by Gasteiger charge is -2.17. The number of nitrogens with one attached hydrogen (secondary N) is 1. The number of nitrogens with zero attached hydrogens (tertiary/aromatic N) is 2. The standard InChI is InChI=1S/C15H21N3O3/c1-2-3-8-16-15(19)12-6-7-13(14(11-12)18(20)21)17-9-4-5-10-17/h6-7,11H,2-5,8-10H2,1H3,(H,16,19). The topological polar surface area (TPSA) is 75.5 Å². The Morgan fingerprint density at radius 2 is 2.10 bits per heavy atom. The summed E-state index contributed by atoms with van der Waals surface area (Å²) in [6.07, 6.45) is 4.00. The van der Waals surface area contributed by atoms with Crippen LogP contribution in [0.2, 0.25) is 0 Å². The monoisotopic (exact) mass is 291 g/mol. The summed E-state index contributed by atoms with van der Waals surface area (Å²) >= 11 is 0. The van der Waals surface area contributed by atoms with Crippen molar-refractivity contribution in [1.29, 1.82) is 0 Å². The van der Waals surface area contributed by atoms with E-state index >= 15 is 0 Å². The number of hydrogen-bond acceptors (Lipinski definition) is 4. The quantitative estimate of drug-likeness (QED) is 0.497. The molecular formula is C15H21N3O3. The molecule has 2 rings (SSSR count). The van der Waals surface area contributed by atoms with Gasteiger partial charge in [-0.05, 0) is 31.4 Å². The number of nitro groups is 1. The van der Waals surface area contributed by atoms with Gasteiger partial charge in [0.1, 0.15) is 5.69 Å². The van der Waals surface area contributed by atoms with E-state index < -0.39 is 4.92 Å². The van der Waals surface area contributed by atoms with Crippen LogP contribution < -0.4 is 10.2 Å². The summed E-state index contributed by atoms with van der Waals surface area (Å²) in [6.45, 7) is 4.31. The molecule has 0 saturated carbocycles. The van der Waals surface area contributed by atoms with Gasteiger partial charge in [0.15, 0.2) is 0 Å². The van der Waals surface area contributed by atoms with Crippen molar-refractivity contribution in [1.82, 2.24) is 5.32 Å². The molecule has 1 amide bonds. The van der Waals surface area contributed by atoms with Gasteiger partial charge in [0, 0.05) is 31.3 Å². The third kappa shape index (κ3) is 3.71. The van der Waals surface area contributed by atoms with Crippen molar-refractivity contribution in [3.63, 3.8) is 0 Å². The van der Waals surface area contributed by atoms with E-state index in [1.54, 1.807) is 12.1 Å². The Bertz CT molecular complexity index is 525. The van der Waals surface area contributed by atoms with Crippen molar-refractivity contribution in [2.45, 2.75) is 32.6 Å². The minimum absolute atomic E-state index is 0.0139. The van der Waals surface area contributed by atoms with Gasteiger partial charge < -0.3 is 10.2 Å². The summed E-state index contributed by atoms with van der Waals surface area (Å²) in [5.41, 5.74) is 0.975. The van der Waals surface area contributed by atoms with Gasteiger partial charge >= 0.3 is 0 Å². The summed E-state index contributed by atoms with van der Waals surface area (Å²) < 4.78 is 0. The highest BCUT2D eigenvalue weighted by atomic mass is 16.6. The summed E-state index contributed by atoms with van der Waals surface area (Å²) in [5, 5.41) is 14.0. The molecule has 0 spiro atoms. The van der Waals surface area contributed by atoms with Crippen molar-refractivity contribution >= 4 is 17.3 Å². The SMILES string of the molecule is CCCCNC(=O)c1ccc(N2CCCC2)c([N+](=O)[O-])c1. The lowest BCUT2D eigenvalue weighted by molar-refractivity contribution is -0.384. The molecule has 0 bridgehead atoms. The van der Waals surface area contributed by atoms with Gasteiger partial charge in [-0.1, -0.05) is 13.3 Å². The Balaban J connectivity index is 2.19. The fourth-order valence-corrected chi connectivity index (χ4v) is 2.52. The fourth-order valence-electron chi connectivity index (χ4n) is 2.52. The molecule has 1 aliphatic rings. The van der Waals surface area contributed by atoms with Crippen LogP contribution in [-0.4, -0.2) is 30.5 Å². The zero-order valence-corrected chi connectivity index (χ0v) is 12.3. The van der Waals surface area contributed by atoms with Gasteiger partial charge in [-0.15, -0.1) is 0 Å². The Labute approximate surface area is 124 Å². The average Bonchev–Trinajstić information content (AvgIpc) is 3.00. The van der Waals surface area contributed by atoms with Crippen LogP contribution in [0, 0.1) is 10.1 Å². The van der Waals surface area contributed by atoms with E-state index in [0.29, 0.717) is 17.8 Å². The molecule has 6 heteroatoms. The van der Waals surface area contributed by atoms with Crippen molar-refractivity contribution in [3.8, 4) is 0 Å². The van der Waals surface area contributed by atoms with Crippen LogP contribution in [0.3, 0.4) is 0 Å². The molecule has 114 valence electrons. The van der Waals surface area contributed by atoms with E-state index in [1.807, 2.05) is 11.8 Å². The van der Waals surface area contributed by atoms with Crippen LogP contribution in [0.4, 0.5) is 11.4 Å². The first-order chi connectivity index (χ1) is 10.1. The molecule has 1 saturated heterocycles. The van der Waals surface area contributed by atoms with E-state index in [0.717, 1.165) is 38.8 Å². The Morgan fingerprint density at radius 1 is 1.38 bits per heavy atom. The van der Waals surface area contributed by atoms with Crippen LogP contribution in [-0.2, 0) is 0 Å². The maximum Gasteiger partial charge on any atom is 0.293 e. The molecule has 1 aromatic rings. The first kappa shape index (κ1) is 15.3. The second-order valence-electron chi connectivity index (χ2n) is 5.26. The zero-order chi connectivity index (χ0) is 15.2. The van der Waals surface area contributed by atoms with Gasteiger partial charge in [-0.2, -0.15) is 0 Å². The number of benzene rings is 1. The van der Waals surface area contributed by atoms with E-state index in [9.17, 15) is 14.9 Å². The molecule has 0 atom stereocenters. The largest absolute Gasteiger partial charge is 0.366 e. The number of unbranched alkanes of at least 4 members (excludes halogenated alkanes) is 1. The van der Waals surface area contributed by atoms with E-state index in [2.05, 4.69) is 5.32 Å². The molecule has 6 nitrogen and oxygen atoms in total. The Hall–Kier alpha value is -2.11. The molecule has 0 radical (unpaired) electrons. The summed E-state index contributed by atoms with van der Waals surface area (Å²) in [6, 6.07) is 4.75. The molecule has 1 fully saturated rings. The first-order valence-electron chi connectivity index (χ1n) is 7.45. The third-order valence-corrected chi connectivity index (χ3v) is 3.70. The molecule has 1 N–H and O–H groups in total. The Morgan fingerprint density at radius 3 is 2.71 bits per heavy atom. The molecule has 0 aliphatic carbocycles. The molecule has 21 heavy (non-hydrogen) atoms. The number of anilines is 1. The second-order valence-corrected chi connectivity index (χ2v) is 5.26. The number of amides is 1. The number of carbonyl (C=O) groups excluding carboxylic acids is 1. The van der Waals surface area contributed by atoms with Crippen molar-refractivity contribution in [3.05, 3.63) is 33.9 Å². The second kappa shape index (κ2) is 7.06. The van der Waals surface area contributed by atoms with E-state index in [4.69, 9.17) is 0 Å². The highest BCUT2D eigenvalue weighted by molar-refractivity contribution is 5.95. The first-order valence-corrected chi connectivity index (χ1v) is 7.45. The lowest BCUT2D eigenvalue weighted by atomic mass is 10.1. The molecular weight excluding hydrogens is 270 g/mol. The van der Waals surface area contributed by atoms with Gasteiger partial charge in [0.05, 0.1) is 4.92 Å². The number of rotatable bonds is 6. The molecule has 1 aliphatic heterocycles. The molecule has 1 aromatic carbocycles.